The minimum Gasteiger partial charge on any atom is -0.438 e. The van der Waals surface area contributed by atoms with Crippen molar-refractivity contribution in [3.63, 3.8) is 0 Å². The number of allylic oxidation sites excluding steroid dienone is 1. The number of hydrogen-bond acceptors (Lipinski definition) is 3. The van der Waals surface area contributed by atoms with Gasteiger partial charge in [0.05, 0.1) is 0 Å². The van der Waals surface area contributed by atoms with Crippen molar-refractivity contribution in [2.75, 3.05) is 0 Å². The fourth-order valence-electron chi connectivity index (χ4n) is 2.10. The van der Waals surface area contributed by atoms with E-state index in [0.29, 0.717) is 17.0 Å². The quantitative estimate of drug-likeness (QED) is 0.733. The van der Waals surface area contributed by atoms with E-state index in [9.17, 15) is 0 Å². The van der Waals surface area contributed by atoms with Crippen molar-refractivity contribution in [3.05, 3.63) is 52.4 Å². The van der Waals surface area contributed by atoms with Gasteiger partial charge >= 0.3 is 0 Å². The van der Waals surface area contributed by atoms with Crippen LogP contribution in [-0.4, -0.2) is 9.97 Å². The molecule has 108 valence electrons. The fourth-order valence-corrected chi connectivity index (χ4v) is 2.27. The van der Waals surface area contributed by atoms with Gasteiger partial charge in [0.25, 0.3) is 0 Å². The van der Waals surface area contributed by atoms with Crippen molar-refractivity contribution >= 4 is 17.7 Å². The zero-order valence-corrected chi connectivity index (χ0v) is 12.9. The molecular formula is C17H17ClN2O. The molecule has 0 N–H and O–H groups in total. The average molecular weight is 301 g/mol. The Kier molecular flexibility index (Phi) is 3.93. The molecule has 1 aromatic heterocycles. The number of aromatic nitrogens is 2. The summed E-state index contributed by atoms with van der Waals surface area (Å²) in [6.45, 7) is 3.86. The SMILES string of the molecule is C/C=C/c1ccccc1Oc1nc(C2CC2)nc(Cl)c1C. The van der Waals surface area contributed by atoms with Gasteiger partial charge < -0.3 is 4.74 Å². The van der Waals surface area contributed by atoms with E-state index in [1.807, 2.05) is 50.3 Å². The summed E-state index contributed by atoms with van der Waals surface area (Å²) in [4.78, 5) is 8.91. The number of hydrogen-bond donors (Lipinski definition) is 0. The topological polar surface area (TPSA) is 35.0 Å². The third-order valence-electron chi connectivity index (χ3n) is 3.47. The third kappa shape index (κ3) is 3.08. The standard InChI is InChI=1S/C17H17ClN2O/c1-3-6-12-7-4-5-8-14(12)21-17-11(2)15(18)19-16(20-17)13-9-10-13/h3-8,13H,9-10H2,1-2H3/b6-3+. The molecule has 1 heterocycles. The maximum atomic E-state index is 6.21. The normalized spacial score (nSPS) is 14.6. The van der Waals surface area contributed by atoms with Crippen LogP contribution in [0.1, 0.15) is 42.6 Å². The second-order valence-corrected chi connectivity index (χ2v) is 5.57. The number of nitrogens with zero attached hydrogens (tertiary/aromatic N) is 2. The molecule has 3 rings (SSSR count). The molecular weight excluding hydrogens is 284 g/mol. The molecule has 0 aliphatic heterocycles. The number of benzene rings is 1. The molecule has 1 aromatic carbocycles. The lowest BCUT2D eigenvalue weighted by molar-refractivity contribution is 0.453. The summed E-state index contributed by atoms with van der Waals surface area (Å²) < 4.78 is 6.01. The van der Waals surface area contributed by atoms with Gasteiger partial charge in [-0.1, -0.05) is 42.0 Å². The molecule has 0 saturated heterocycles. The van der Waals surface area contributed by atoms with E-state index in [1.165, 1.54) is 0 Å². The first-order valence-electron chi connectivity index (χ1n) is 7.12. The van der Waals surface area contributed by atoms with Crippen LogP contribution >= 0.6 is 11.6 Å². The van der Waals surface area contributed by atoms with Gasteiger partial charge in [0.15, 0.2) is 0 Å². The third-order valence-corrected chi connectivity index (χ3v) is 3.84. The van der Waals surface area contributed by atoms with Crippen molar-refractivity contribution in [1.29, 1.82) is 0 Å². The molecule has 0 radical (unpaired) electrons. The molecule has 2 aromatic rings. The highest BCUT2D eigenvalue weighted by Gasteiger charge is 2.28. The summed E-state index contributed by atoms with van der Waals surface area (Å²) in [5, 5.41) is 0.477. The van der Waals surface area contributed by atoms with Crippen LogP contribution in [0.5, 0.6) is 11.6 Å². The van der Waals surface area contributed by atoms with E-state index >= 15 is 0 Å². The Morgan fingerprint density at radius 2 is 2.00 bits per heavy atom. The summed E-state index contributed by atoms with van der Waals surface area (Å²) in [7, 11) is 0. The van der Waals surface area contributed by atoms with Gasteiger partial charge in [-0.15, -0.1) is 0 Å². The molecule has 0 atom stereocenters. The lowest BCUT2D eigenvalue weighted by Crippen LogP contribution is -2.00. The predicted molar refractivity (Wildman–Crippen MR) is 85.0 cm³/mol. The first-order valence-corrected chi connectivity index (χ1v) is 7.50. The fraction of sp³-hybridized carbons (Fsp3) is 0.294. The van der Waals surface area contributed by atoms with Gasteiger partial charge in [-0.2, -0.15) is 4.98 Å². The van der Waals surface area contributed by atoms with E-state index in [1.54, 1.807) is 0 Å². The molecule has 0 amide bonds. The maximum Gasteiger partial charge on any atom is 0.227 e. The largest absolute Gasteiger partial charge is 0.438 e. The Labute approximate surface area is 129 Å². The van der Waals surface area contributed by atoms with Gasteiger partial charge in [-0.25, -0.2) is 4.98 Å². The number of para-hydroxylation sites is 1. The van der Waals surface area contributed by atoms with Crippen LogP contribution < -0.4 is 4.74 Å². The molecule has 1 fully saturated rings. The van der Waals surface area contributed by atoms with Crippen LogP contribution in [0.15, 0.2) is 30.3 Å². The van der Waals surface area contributed by atoms with E-state index < -0.39 is 0 Å². The summed E-state index contributed by atoms with van der Waals surface area (Å²) in [6.07, 6.45) is 6.26. The highest BCUT2D eigenvalue weighted by molar-refractivity contribution is 6.30. The number of ether oxygens (including phenoxy) is 1. The van der Waals surface area contributed by atoms with Gasteiger partial charge in [0.1, 0.15) is 16.7 Å². The predicted octanol–water partition coefficient (Wildman–Crippen LogP) is 5.14. The summed E-state index contributed by atoms with van der Waals surface area (Å²) in [6, 6.07) is 7.87. The van der Waals surface area contributed by atoms with Crippen LogP contribution in [0.25, 0.3) is 6.08 Å². The van der Waals surface area contributed by atoms with Gasteiger partial charge in [-0.3, -0.25) is 0 Å². The molecule has 0 bridgehead atoms. The monoisotopic (exact) mass is 300 g/mol. The Hall–Kier alpha value is -1.87. The van der Waals surface area contributed by atoms with E-state index in [2.05, 4.69) is 9.97 Å². The van der Waals surface area contributed by atoms with Crippen LogP contribution in [0.3, 0.4) is 0 Å². The average Bonchev–Trinajstić information content (AvgIpc) is 3.30. The van der Waals surface area contributed by atoms with Gasteiger partial charge in [0.2, 0.25) is 5.88 Å². The van der Waals surface area contributed by atoms with E-state index in [-0.39, 0.29) is 0 Å². The molecule has 0 spiro atoms. The summed E-state index contributed by atoms with van der Waals surface area (Å²) >= 11 is 6.21. The molecule has 4 heteroatoms. The van der Waals surface area contributed by atoms with Crippen LogP contribution in [0.4, 0.5) is 0 Å². The summed E-state index contributed by atoms with van der Waals surface area (Å²) in [5.41, 5.74) is 1.79. The Morgan fingerprint density at radius 1 is 1.24 bits per heavy atom. The summed E-state index contributed by atoms with van der Waals surface area (Å²) in [5.74, 6) is 2.56. The van der Waals surface area contributed by atoms with Crippen molar-refractivity contribution < 1.29 is 4.74 Å². The molecule has 0 unspecified atom stereocenters. The molecule has 3 nitrogen and oxygen atoms in total. The van der Waals surface area contributed by atoms with Crippen molar-refractivity contribution in [3.8, 4) is 11.6 Å². The van der Waals surface area contributed by atoms with Crippen molar-refractivity contribution in [2.24, 2.45) is 0 Å². The zero-order chi connectivity index (χ0) is 14.8. The van der Waals surface area contributed by atoms with Gasteiger partial charge in [-0.05, 0) is 32.8 Å². The van der Waals surface area contributed by atoms with Crippen LogP contribution in [0.2, 0.25) is 5.15 Å². The second kappa shape index (κ2) is 5.86. The number of rotatable bonds is 4. The first kappa shape index (κ1) is 14.1. The van der Waals surface area contributed by atoms with E-state index in [0.717, 1.165) is 35.5 Å². The number of halogens is 1. The minimum absolute atomic E-state index is 0.441. The lowest BCUT2D eigenvalue weighted by Gasteiger charge is -2.12. The maximum absolute atomic E-state index is 6.21. The van der Waals surface area contributed by atoms with Crippen LogP contribution in [-0.2, 0) is 0 Å². The van der Waals surface area contributed by atoms with Gasteiger partial charge in [0, 0.05) is 17.0 Å². The highest BCUT2D eigenvalue weighted by Crippen LogP contribution is 2.40. The smallest absolute Gasteiger partial charge is 0.227 e. The minimum atomic E-state index is 0.441. The van der Waals surface area contributed by atoms with Crippen molar-refractivity contribution in [2.45, 2.75) is 32.6 Å². The highest BCUT2D eigenvalue weighted by atomic mass is 35.5. The zero-order valence-electron chi connectivity index (χ0n) is 12.1. The van der Waals surface area contributed by atoms with Crippen molar-refractivity contribution in [1.82, 2.24) is 9.97 Å². The van der Waals surface area contributed by atoms with E-state index in [4.69, 9.17) is 16.3 Å². The molecule has 1 aliphatic carbocycles. The molecule has 21 heavy (non-hydrogen) atoms. The Morgan fingerprint density at radius 3 is 2.71 bits per heavy atom. The molecule has 1 saturated carbocycles. The van der Waals surface area contributed by atoms with Crippen LogP contribution in [0, 0.1) is 6.92 Å². The Balaban J connectivity index is 1.98. The lowest BCUT2D eigenvalue weighted by atomic mass is 10.2. The Bertz CT molecular complexity index is 693. The first-order chi connectivity index (χ1) is 10.2. The second-order valence-electron chi connectivity index (χ2n) is 5.22. The molecule has 1 aliphatic rings.